The van der Waals surface area contributed by atoms with Crippen molar-refractivity contribution in [1.29, 1.82) is 0 Å². The van der Waals surface area contributed by atoms with Gasteiger partial charge >= 0.3 is 24.5 Å². The van der Waals surface area contributed by atoms with E-state index in [4.69, 9.17) is 9.47 Å². The minimum Gasteiger partial charge on any atom is -0.465 e. The first-order valence-electron chi connectivity index (χ1n) is 11.2. The lowest BCUT2D eigenvalue weighted by Crippen LogP contribution is -2.46. The van der Waals surface area contributed by atoms with E-state index in [9.17, 15) is 41.0 Å². The summed E-state index contributed by atoms with van der Waals surface area (Å²) in [4.78, 5) is 25.5. The summed E-state index contributed by atoms with van der Waals surface area (Å²) in [6.45, 7) is 1.86. The number of rotatable bonds is 4. The summed E-state index contributed by atoms with van der Waals surface area (Å²) in [5.74, 6) is 0. The summed E-state index contributed by atoms with van der Waals surface area (Å²) in [7, 11) is 0. The number of fused-ring (bicyclic) bond motifs is 2. The number of hydrogen-bond donors (Lipinski definition) is 2. The number of carbonyl (C=O) groups excluding carboxylic acids is 1. The Morgan fingerprint density at radius 3 is 2.19 bits per heavy atom. The standard InChI is InChI=1S/C24H22F6N2O5/c1-12-4-19(18-7-14-10-36-11-15(14)8-20(18)32(12)22(34)35)31-21(33)37-3-2-13-5-16(23(25,26)27)9-17(6-13)24(28,29)30/h5-9,12,19H,2-4,10-11H2,1H3,(H,31,33)(H,34,35). The average molecular weight is 532 g/mol. The normalized spacial score (nSPS) is 19.3. The van der Waals surface area contributed by atoms with Crippen molar-refractivity contribution in [3.05, 3.63) is 63.7 Å². The first kappa shape index (κ1) is 26.6. The van der Waals surface area contributed by atoms with Crippen LogP contribution in [-0.4, -0.2) is 29.9 Å². The molecule has 0 saturated heterocycles. The molecule has 0 aromatic heterocycles. The van der Waals surface area contributed by atoms with Crippen molar-refractivity contribution in [2.45, 2.75) is 57.4 Å². The number of carbonyl (C=O) groups is 2. The Morgan fingerprint density at radius 2 is 1.62 bits per heavy atom. The summed E-state index contributed by atoms with van der Waals surface area (Å²) in [6, 6.07) is 3.52. The quantitative estimate of drug-likeness (QED) is 0.469. The predicted octanol–water partition coefficient (Wildman–Crippen LogP) is 6.04. The highest BCUT2D eigenvalue weighted by Crippen LogP contribution is 2.41. The van der Waals surface area contributed by atoms with Gasteiger partial charge in [0.25, 0.3) is 0 Å². The van der Waals surface area contributed by atoms with Gasteiger partial charge in [-0.05, 0) is 65.9 Å². The number of halogens is 6. The van der Waals surface area contributed by atoms with E-state index >= 15 is 0 Å². The number of nitrogens with zero attached hydrogens (tertiary/aromatic N) is 1. The molecule has 0 spiro atoms. The first-order valence-corrected chi connectivity index (χ1v) is 11.2. The minimum atomic E-state index is -4.98. The van der Waals surface area contributed by atoms with E-state index in [0.29, 0.717) is 36.6 Å². The molecular weight excluding hydrogens is 510 g/mol. The Labute approximate surface area is 207 Å². The number of nitrogens with one attached hydrogen (secondary N) is 1. The van der Waals surface area contributed by atoms with E-state index in [0.717, 1.165) is 11.1 Å². The van der Waals surface area contributed by atoms with Gasteiger partial charge in [0.05, 0.1) is 42.7 Å². The molecule has 0 radical (unpaired) electrons. The number of carboxylic acid groups (broad SMARTS) is 1. The molecule has 0 fully saturated rings. The van der Waals surface area contributed by atoms with Crippen LogP contribution in [-0.2, 0) is 41.5 Å². The monoisotopic (exact) mass is 532 g/mol. The fourth-order valence-electron chi connectivity index (χ4n) is 4.57. The Bertz CT molecular complexity index is 1180. The third-order valence-corrected chi connectivity index (χ3v) is 6.29. The maximum atomic E-state index is 13.0. The first-order chi connectivity index (χ1) is 17.2. The van der Waals surface area contributed by atoms with Crippen LogP contribution in [0.5, 0.6) is 0 Å². The molecule has 2 aromatic carbocycles. The van der Waals surface area contributed by atoms with Crippen molar-refractivity contribution >= 4 is 17.9 Å². The van der Waals surface area contributed by atoms with Crippen LogP contribution >= 0.6 is 0 Å². The molecule has 4 rings (SSSR count). The number of ether oxygens (including phenoxy) is 2. The number of alkyl carbamates (subject to hydrolysis) is 1. The maximum Gasteiger partial charge on any atom is 0.416 e. The molecule has 13 heteroatoms. The average Bonchev–Trinajstić information content (AvgIpc) is 3.24. The van der Waals surface area contributed by atoms with Crippen molar-refractivity contribution in [2.24, 2.45) is 0 Å². The number of benzene rings is 2. The van der Waals surface area contributed by atoms with Crippen LogP contribution in [0.3, 0.4) is 0 Å². The largest absolute Gasteiger partial charge is 0.465 e. The molecule has 0 aliphatic carbocycles. The smallest absolute Gasteiger partial charge is 0.416 e. The van der Waals surface area contributed by atoms with Crippen molar-refractivity contribution in [1.82, 2.24) is 5.32 Å². The molecule has 2 N–H and O–H groups in total. The lowest BCUT2D eigenvalue weighted by molar-refractivity contribution is -0.143. The lowest BCUT2D eigenvalue weighted by atomic mass is 9.89. The van der Waals surface area contributed by atoms with Gasteiger partial charge in [0, 0.05) is 12.5 Å². The van der Waals surface area contributed by atoms with E-state index in [1.807, 2.05) is 0 Å². The van der Waals surface area contributed by atoms with Gasteiger partial charge < -0.3 is 19.9 Å². The van der Waals surface area contributed by atoms with E-state index < -0.39 is 54.4 Å². The molecule has 2 unspecified atom stereocenters. The number of amides is 2. The summed E-state index contributed by atoms with van der Waals surface area (Å²) >= 11 is 0. The minimum absolute atomic E-state index is 0.0287. The third kappa shape index (κ3) is 5.76. The molecule has 2 aromatic rings. The van der Waals surface area contributed by atoms with Gasteiger partial charge in [-0.1, -0.05) is 0 Å². The number of hydrogen-bond acceptors (Lipinski definition) is 4. The van der Waals surface area contributed by atoms with Gasteiger partial charge in [0.15, 0.2) is 0 Å². The van der Waals surface area contributed by atoms with Gasteiger partial charge in [-0.2, -0.15) is 26.3 Å². The van der Waals surface area contributed by atoms with Crippen molar-refractivity contribution in [3.63, 3.8) is 0 Å². The fraction of sp³-hybridized carbons (Fsp3) is 0.417. The molecule has 7 nitrogen and oxygen atoms in total. The van der Waals surface area contributed by atoms with E-state index in [1.54, 1.807) is 19.1 Å². The highest BCUT2D eigenvalue weighted by molar-refractivity contribution is 5.89. The molecule has 2 heterocycles. The molecular formula is C24H22F6N2O5. The molecule has 2 amide bonds. The highest BCUT2D eigenvalue weighted by Gasteiger charge is 2.38. The second-order valence-corrected chi connectivity index (χ2v) is 8.91. The summed E-state index contributed by atoms with van der Waals surface area (Å²) < 4.78 is 88.8. The molecule has 0 bridgehead atoms. The molecule has 37 heavy (non-hydrogen) atoms. The van der Waals surface area contributed by atoms with Gasteiger partial charge in [-0.25, -0.2) is 9.59 Å². The molecule has 0 saturated carbocycles. The highest BCUT2D eigenvalue weighted by atomic mass is 19.4. The number of anilines is 1. The van der Waals surface area contributed by atoms with Gasteiger partial charge in [-0.3, -0.25) is 4.90 Å². The Morgan fingerprint density at radius 1 is 1.03 bits per heavy atom. The predicted molar refractivity (Wildman–Crippen MR) is 117 cm³/mol. The second-order valence-electron chi connectivity index (χ2n) is 8.91. The van der Waals surface area contributed by atoms with Gasteiger partial charge in [-0.15, -0.1) is 0 Å². The maximum absolute atomic E-state index is 13.0. The summed E-state index contributed by atoms with van der Waals surface area (Å²) in [5.41, 5.74) is -0.579. The number of alkyl halides is 6. The van der Waals surface area contributed by atoms with Crippen LogP contribution in [0.1, 0.15) is 52.8 Å². The zero-order chi connectivity index (χ0) is 27.1. The van der Waals surface area contributed by atoms with Crippen molar-refractivity contribution in [3.8, 4) is 0 Å². The topological polar surface area (TPSA) is 88.1 Å². The fourth-order valence-corrected chi connectivity index (χ4v) is 4.57. The Kier molecular flexibility index (Phi) is 7.01. The Hall–Kier alpha value is -3.48. The van der Waals surface area contributed by atoms with E-state index in [-0.39, 0.29) is 24.5 Å². The third-order valence-electron chi connectivity index (χ3n) is 6.29. The van der Waals surface area contributed by atoms with Crippen molar-refractivity contribution in [2.75, 3.05) is 11.5 Å². The summed E-state index contributed by atoms with van der Waals surface area (Å²) in [5, 5.41) is 12.3. The molecule has 2 aliphatic heterocycles. The van der Waals surface area contributed by atoms with E-state index in [2.05, 4.69) is 5.32 Å². The van der Waals surface area contributed by atoms with Crippen LogP contribution in [0.25, 0.3) is 0 Å². The van der Waals surface area contributed by atoms with Crippen LogP contribution < -0.4 is 10.2 Å². The molecule has 200 valence electrons. The molecule has 2 aliphatic rings. The molecule has 2 atom stereocenters. The van der Waals surface area contributed by atoms with Gasteiger partial charge in [0.1, 0.15) is 0 Å². The lowest BCUT2D eigenvalue weighted by Gasteiger charge is -2.38. The zero-order valence-electron chi connectivity index (χ0n) is 19.4. The van der Waals surface area contributed by atoms with Crippen LogP contribution in [0, 0.1) is 0 Å². The van der Waals surface area contributed by atoms with Crippen molar-refractivity contribution < 1.29 is 50.5 Å². The second kappa shape index (κ2) is 9.77. The summed E-state index contributed by atoms with van der Waals surface area (Å²) in [6.07, 6.45) is -12.2. The van der Waals surface area contributed by atoms with Crippen LogP contribution in [0.15, 0.2) is 30.3 Å². The van der Waals surface area contributed by atoms with Crippen LogP contribution in [0.4, 0.5) is 41.6 Å². The zero-order valence-corrected chi connectivity index (χ0v) is 19.4. The van der Waals surface area contributed by atoms with E-state index in [1.165, 1.54) is 4.90 Å². The van der Waals surface area contributed by atoms with Crippen LogP contribution in [0.2, 0.25) is 0 Å². The Balaban J connectivity index is 1.46. The SMILES string of the molecule is CC1CC(NC(=O)OCCc2cc(C(F)(F)F)cc(C(F)(F)F)c2)c2cc3c(cc2N1C(=O)O)COC3. The van der Waals surface area contributed by atoms with Gasteiger partial charge in [0.2, 0.25) is 0 Å².